The van der Waals surface area contributed by atoms with E-state index >= 15 is 0 Å². The number of carbonyl (C=O) groups is 1. The molecule has 0 radical (unpaired) electrons. The molecule has 4 nitrogen and oxygen atoms in total. The molecule has 20 heavy (non-hydrogen) atoms. The molecule has 0 saturated carbocycles. The maximum absolute atomic E-state index is 12.3. The van der Waals surface area contributed by atoms with Gasteiger partial charge in [-0.2, -0.15) is 0 Å². The minimum atomic E-state index is -2.50. The van der Waals surface area contributed by atoms with Crippen LogP contribution in [0.2, 0.25) is 14.8 Å². The van der Waals surface area contributed by atoms with E-state index in [-0.39, 0.29) is 5.97 Å². The van der Waals surface area contributed by atoms with Crippen LogP contribution in [0.25, 0.3) is 10.9 Å². The first-order chi connectivity index (χ1) is 9.41. The van der Waals surface area contributed by atoms with Crippen LogP contribution in [0.4, 0.5) is 0 Å². The molecule has 0 N–H and O–H groups in total. The number of hydrogen-bond acceptors (Lipinski definition) is 3. The number of ether oxygens (including phenoxy) is 2. The Morgan fingerprint density at radius 1 is 1.20 bits per heavy atom. The molecule has 2 rings (SSSR count). The molecule has 1 heterocycles. The summed E-state index contributed by atoms with van der Waals surface area (Å²) in [5.41, 5.74) is 1.70. The van der Waals surface area contributed by atoms with E-state index in [0.717, 1.165) is 10.9 Å². The van der Waals surface area contributed by atoms with Crippen molar-refractivity contribution in [1.29, 1.82) is 0 Å². The van der Waals surface area contributed by atoms with Crippen molar-refractivity contribution in [2.45, 2.75) is 21.5 Å². The molecule has 0 unspecified atom stereocenters. The second kappa shape index (κ2) is 5.77. The predicted molar refractivity (Wildman–Crippen MR) is 83.3 cm³/mol. The molecule has 5 heteroatoms. The van der Waals surface area contributed by atoms with Gasteiger partial charge in [-0.05, 0) is 0 Å². The van der Waals surface area contributed by atoms with Gasteiger partial charge in [0, 0.05) is 0 Å². The predicted octanol–water partition coefficient (Wildman–Crippen LogP) is 2.58. The molecule has 1 aromatic heterocycles. The standard InChI is InChI=1S/C12H12NO3.3CH3.Sn/c1-15-8-13-10-6-4-3-5-9(10)7-11(13)12(14)16-2;;;;/h3-6H,8H2,1-2H3;3*1H3;. The second-order valence-corrected chi connectivity index (χ2v) is 20.1. The topological polar surface area (TPSA) is 40.5 Å². The quantitative estimate of drug-likeness (QED) is 0.603. The summed E-state index contributed by atoms with van der Waals surface area (Å²) >= 11 is -2.50. The van der Waals surface area contributed by atoms with Crippen LogP contribution >= 0.6 is 0 Å². The maximum atomic E-state index is 12.3. The Kier molecular flexibility index (Phi) is 4.44. The van der Waals surface area contributed by atoms with Crippen LogP contribution in [0.3, 0.4) is 0 Å². The summed E-state index contributed by atoms with van der Waals surface area (Å²) < 4.78 is 13.4. The van der Waals surface area contributed by atoms with Gasteiger partial charge in [0.25, 0.3) is 0 Å². The Bertz CT molecular complexity index is 640. The summed E-state index contributed by atoms with van der Waals surface area (Å²) in [6, 6.07) is 8.12. The fourth-order valence-electron chi connectivity index (χ4n) is 2.63. The first-order valence-corrected chi connectivity index (χ1v) is 16.6. The number of aromatic nitrogens is 1. The number of nitrogens with zero attached hydrogens (tertiary/aromatic N) is 1. The van der Waals surface area contributed by atoms with Crippen LogP contribution in [0.1, 0.15) is 10.5 Å². The van der Waals surface area contributed by atoms with Crippen molar-refractivity contribution in [1.82, 2.24) is 4.57 Å². The normalized spacial score (nSPS) is 11.8. The molecule has 0 amide bonds. The fraction of sp³-hybridized carbons (Fsp3) is 0.400. The van der Waals surface area contributed by atoms with Crippen molar-refractivity contribution in [2.24, 2.45) is 0 Å². The number of hydrogen-bond donors (Lipinski definition) is 0. The van der Waals surface area contributed by atoms with E-state index in [1.54, 1.807) is 7.11 Å². The Labute approximate surface area is 123 Å². The van der Waals surface area contributed by atoms with Crippen LogP contribution in [-0.4, -0.2) is 43.1 Å². The monoisotopic (exact) mass is 383 g/mol. The number of benzene rings is 1. The van der Waals surface area contributed by atoms with Crippen molar-refractivity contribution in [3.8, 4) is 0 Å². The molecule has 1 aromatic carbocycles. The van der Waals surface area contributed by atoms with E-state index in [0.29, 0.717) is 12.4 Å². The number of fused-ring (bicyclic) bond motifs is 1. The van der Waals surface area contributed by atoms with Crippen LogP contribution in [-0.2, 0) is 16.2 Å². The third-order valence-corrected chi connectivity index (χ3v) is 9.08. The first kappa shape index (κ1) is 15.4. The Morgan fingerprint density at radius 2 is 1.85 bits per heavy atom. The van der Waals surface area contributed by atoms with Gasteiger partial charge in [0.05, 0.1) is 0 Å². The molecule has 0 atom stereocenters. The number of methoxy groups -OCH3 is 2. The summed E-state index contributed by atoms with van der Waals surface area (Å²) in [6.07, 6.45) is 0. The Hall–Kier alpha value is -1.01. The molecule has 0 bridgehead atoms. The number of esters is 1. The van der Waals surface area contributed by atoms with Crippen molar-refractivity contribution in [3.63, 3.8) is 0 Å². The molecule has 0 saturated heterocycles. The molecule has 0 spiro atoms. The summed E-state index contributed by atoms with van der Waals surface area (Å²) in [4.78, 5) is 19.2. The van der Waals surface area contributed by atoms with E-state index in [9.17, 15) is 4.79 Å². The van der Waals surface area contributed by atoms with Gasteiger partial charge in [-0.15, -0.1) is 0 Å². The van der Waals surface area contributed by atoms with Crippen LogP contribution in [0.5, 0.6) is 0 Å². The van der Waals surface area contributed by atoms with Gasteiger partial charge >= 0.3 is 123 Å². The number of para-hydroxylation sites is 1. The zero-order valence-corrected chi connectivity index (χ0v) is 15.5. The number of carbonyl (C=O) groups excluding carboxylic acids is 1. The SMILES string of the molecule is COCn1c(C(=O)OC)[c]([Sn]([CH3])([CH3])[CH3])c2ccccc21. The minimum absolute atomic E-state index is 0.278. The van der Waals surface area contributed by atoms with Gasteiger partial charge in [0.2, 0.25) is 0 Å². The summed E-state index contributed by atoms with van der Waals surface area (Å²) in [6.45, 7) is 0.354. The Morgan fingerprint density at radius 3 is 2.40 bits per heavy atom. The number of rotatable bonds is 4. The van der Waals surface area contributed by atoms with Crippen molar-refractivity contribution < 1.29 is 14.3 Å². The summed E-state index contributed by atoms with van der Waals surface area (Å²) in [7, 11) is 3.06. The first-order valence-electron chi connectivity index (χ1n) is 6.60. The van der Waals surface area contributed by atoms with Crippen molar-refractivity contribution in [2.75, 3.05) is 14.2 Å². The third-order valence-electron chi connectivity index (χ3n) is 3.36. The van der Waals surface area contributed by atoms with E-state index in [1.165, 1.54) is 10.7 Å². The fourth-order valence-corrected chi connectivity index (χ4v) is 8.25. The van der Waals surface area contributed by atoms with E-state index in [1.807, 2.05) is 22.8 Å². The molecule has 2 aromatic rings. The average Bonchev–Trinajstić information content (AvgIpc) is 2.73. The van der Waals surface area contributed by atoms with Gasteiger partial charge in [-0.25, -0.2) is 0 Å². The molecular weight excluding hydrogens is 361 g/mol. The van der Waals surface area contributed by atoms with Crippen LogP contribution in [0.15, 0.2) is 24.3 Å². The van der Waals surface area contributed by atoms with Gasteiger partial charge < -0.3 is 0 Å². The second-order valence-electron chi connectivity index (χ2n) is 5.83. The van der Waals surface area contributed by atoms with Gasteiger partial charge in [-0.1, -0.05) is 0 Å². The van der Waals surface area contributed by atoms with E-state index < -0.39 is 18.4 Å². The van der Waals surface area contributed by atoms with Gasteiger partial charge in [0.15, 0.2) is 0 Å². The molecule has 0 aliphatic carbocycles. The van der Waals surface area contributed by atoms with Gasteiger partial charge in [-0.3, -0.25) is 0 Å². The molecule has 0 fully saturated rings. The molecular formula is C15H21NO3Sn. The molecule has 108 valence electrons. The summed E-state index contributed by atoms with van der Waals surface area (Å²) in [5.74, 6) is -0.278. The van der Waals surface area contributed by atoms with Crippen LogP contribution < -0.4 is 3.58 Å². The zero-order valence-electron chi connectivity index (χ0n) is 12.7. The molecule has 0 aliphatic rings. The van der Waals surface area contributed by atoms with Crippen molar-refractivity contribution >= 4 is 38.8 Å². The zero-order chi connectivity index (χ0) is 14.9. The van der Waals surface area contributed by atoms with Crippen LogP contribution in [0, 0.1) is 0 Å². The average molecular weight is 382 g/mol. The molecule has 0 aliphatic heterocycles. The van der Waals surface area contributed by atoms with Crippen molar-refractivity contribution in [3.05, 3.63) is 30.0 Å². The Balaban J connectivity index is 2.89. The van der Waals surface area contributed by atoms with E-state index in [4.69, 9.17) is 9.47 Å². The summed E-state index contributed by atoms with van der Waals surface area (Å²) in [5, 5.41) is 1.16. The third kappa shape index (κ3) is 2.58. The van der Waals surface area contributed by atoms with E-state index in [2.05, 4.69) is 20.9 Å². The van der Waals surface area contributed by atoms with Gasteiger partial charge in [0.1, 0.15) is 0 Å².